The monoisotopic (exact) mass is 828 g/mol. The van der Waals surface area contributed by atoms with Gasteiger partial charge in [-0.15, -0.1) is 9.46 Å². The van der Waals surface area contributed by atoms with Crippen molar-refractivity contribution in [2.45, 2.75) is 56.7 Å². The molecule has 0 saturated heterocycles. The number of pyridine rings is 1. The molecule has 1 N–H and O–H groups in total. The third kappa shape index (κ3) is 8.06. The van der Waals surface area contributed by atoms with Crippen LogP contribution in [0, 0.1) is 17.8 Å². The average molecular weight is 829 g/mol. The normalized spacial score (nSPS) is 28.7. The molecule has 306 valence electrons. The van der Waals surface area contributed by atoms with Gasteiger partial charge in [-0.1, -0.05) is 30.7 Å². The van der Waals surface area contributed by atoms with Gasteiger partial charge in [0, 0.05) is 67.8 Å². The number of rotatable bonds is 6. The van der Waals surface area contributed by atoms with Gasteiger partial charge in [0.15, 0.2) is 0 Å². The van der Waals surface area contributed by atoms with Gasteiger partial charge >= 0.3 is 0 Å². The summed E-state index contributed by atoms with van der Waals surface area (Å²) < 4.78 is 48.2. The summed E-state index contributed by atoms with van der Waals surface area (Å²) in [5, 5.41) is 4.90. The largest absolute Gasteiger partial charge is 0.490 e. The summed E-state index contributed by atoms with van der Waals surface area (Å²) in [5.74, 6) is -0.445. The highest BCUT2D eigenvalue weighted by molar-refractivity contribution is 7.92. The molecule has 4 aliphatic rings. The SMILES string of the molecule is COc1nn(C)cc1C(=O)NS1(=O)=NC(=O)c2ccc3c(c2)N(C[C@@H]2CC[C@H]2[C@@H](OC)/C=C\[C@H](Oc2ccncc2)[C@H](C)C1)C[C@@]1(CCCc2cc(Cl)ccc21)CO3. The molecule has 1 unspecified atom stereocenters. The summed E-state index contributed by atoms with van der Waals surface area (Å²) in [6.07, 6.45) is 12.7. The summed E-state index contributed by atoms with van der Waals surface area (Å²) in [7, 11) is 0.951. The molecule has 2 amide bonds. The molecule has 2 aliphatic carbocycles. The molecular weight excluding hydrogens is 780 g/mol. The van der Waals surface area contributed by atoms with E-state index >= 15 is 4.21 Å². The number of hydrogen-bond donors (Lipinski definition) is 1. The second-order valence-electron chi connectivity index (χ2n) is 16.0. The first-order chi connectivity index (χ1) is 28.0. The van der Waals surface area contributed by atoms with E-state index in [1.165, 1.54) is 29.1 Å². The lowest BCUT2D eigenvalue weighted by atomic mass is 9.68. The zero-order valence-corrected chi connectivity index (χ0v) is 34.7. The van der Waals surface area contributed by atoms with Gasteiger partial charge in [0.1, 0.15) is 33.1 Å². The summed E-state index contributed by atoms with van der Waals surface area (Å²) in [6, 6.07) is 14.9. The van der Waals surface area contributed by atoms with Crippen molar-refractivity contribution in [3.63, 3.8) is 0 Å². The number of methoxy groups -OCH3 is 2. The van der Waals surface area contributed by atoms with Crippen LogP contribution in [0.15, 0.2) is 83.6 Å². The summed E-state index contributed by atoms with van der Waals surface area (Å²) in [4.78, 5) is 34.7. The van der Waals surface area contributed by atoms with Crippen LogP contribution in [-0.2, 0) is 33.5 Å². The van der Waals surface area contributed by atoms with Crippen molar-refractivity contribution in [3.05, 3.63) is 107 Å². The molecule has 2 aromatic heterocycles. The van der Waals surface area contributed by atoms with Gasteiger partial charge in [-0.2, -0.15) is 0 Å². The molecule has 2 aliphatic heterocycles. The van der Waals surface area contributed by atoms with E-state index in [1.54, 1.807) is 56.9 Å². The Bertz CT molecular complexity index is 2350. The number of aromatic nitrogens is 3. The number of nitrogens with one attached hydrogen (secondary N) is 1. The molecule has 0 radical (unpaired) electrons. The molecule has 2 bridgehead atoms. The Kier molecular flexibility index (Phi) is 11.3. The Morgan fingerprint density at radius 1 is 1.07 bits per heavy atom. The van der Waals surface area contributed by atoms with Crippen molar-refractivity contribution in [1.82, 2.24) is 19.5 Å². The van der Waals surface area contributed by atoms with Crippen molar-refractivity contribution in [3.8, 4) is 17.4 Å². The maximum absolute atomic E-state index is 15.1. The molecule has 8 rings (SSSR count). The van der Waals surface area contributed by atoms with Crippen LogP contribution < -0.4 is 23.8 Å². The lowest BCUT2D eigenvalue weighted by molar-refractivity contribution is 0.0126. The van der Waals surface area contributed by atoms with Crippen LogP contribution in [0.4, 0.5) is 5.69 Å². The molecule has 13 nitrogen and oxygen atoms in total. The Morgan fingerprint density at radius 2 is 1.88 bits per heavy atom. The van der Waals surface area contributed by atoms with Gasteiger partial charge in [0.2, 0.25) is 5.88 Å². The van der Waals surface area contributed by atoms with E-state index in [0.29, 0.717) is 37.1 Å². The van der Waals surface area contributed by atoms with E-state index in [-0.39, 0.29) is 40.2 Å². The standard InChI is InChI=1S/C43H49ClN6O7S/c1-27-24-58(53,48-41(52)34-23-49(2)46-42(34)55-4)47-40(51)29-8-12-39-36(21-29)50(25-43(26-56-39)17-5-6-28-20-31(44)9-11-35(28)43)22-30-7-10-33(30)38(54-3)14-13-37(27)57-32-15-18-45-19-16-32/h8-9,11-16,18-21,23,27,30,33,37-38H,5-7,10,17,22,24-26H2,1-4H3,(H,47,48,51,52,53)/b14-13-/t27-,30+,33-,37+,38+,43+,58?/m1/s1. The fraction of sp³-hybridized carbons (Fsp3) is 0.442. The van der Waals surface area contributed by atoms with E-state index in [2.05, 4.69) is 36.2 Å². The first-order valence-corrected chi connectivity index (χ1v) is 21.8. The zero-order chi connectivity index (χ0) is 40.6. The maximum Gasteiger partial charge on any atom is 0.286 e. The van der Waals surface area contributed by atoms with Crippen LogP contribution in [0.2, 0.25) is 5.02 Å². The molecule has 58 heavy (non-hydrogen) atoms. The third-order valence-corrected chi connectivity index (χ3v) is 14.3. The quantitative estimate of drug-likeness (QED) is 0.211. The topological polar surface area (TPSA) is 146 Å². The number of aryl methyl sites for hydroxylation is 2. The number of carbonyl (C=O) groups excluding carboxylic acids is 2. The Balaban J connectivity index is 1.23. The van der Waals surface area contributed by atoms with Crippen molar-refractivity contribution < 1.29 is 32.7 Å². The van der Waals surface area contributed by atoms with E-state index in [4.69, 9.17) is 30.5 Å². The van der Waals surface area contributed by atoms with E-state index in [1.807, 2.05) is 25.1 Å². The van der Waals surface area contributed by atoms with E-state index in [0.717, 1.165) is 42.8 Å². The maximum atomic E-state index is 15.1. The second-order valence-corrected chi connectivity index (χ2v) is 18.4. The van der Waals surface area contributed by atoms with Crippen LogP contribution in [0.3, 0.4) is 0 Å². The number of fused-ring (bicyclic) bond motifs is 4. The molecule has 15 heteroatoms. The van der Waals surface area contributed by atoms with Crippen LogP contribution in [0.1, 0.15) is 64.4 Å². The fourth-order valence-corrected chi connectivity index (χ4v) is 11.1. The fourth-order valence-electron chi connectivity index (χ4n) is 9.03. The first-order valence-electron chi connectivity index (χ1n) is 19.7. The van der Waals surface area contributed by atoms with Gasteiger partial charge in [-0.3, -0.25) is 24.0 Å². The van der Waals surface area contributed by atoms with Crippen LogP contribution in [-0.4, -0.2) is 82.7 Å². The van der Waals surface area contributed by atoms with Crippen LogP contribution in [0.25, 0.3) is 0 Å². The number of ether oxygens (including phenoxy) is 4. The lowest BCUT2D eigenvalue weighted by Gasteiger charge is -2.46. The number of nitrogens with zero attached hydrogens (tertiary/aromatic N) is 5. The van der Waals surface area contributed by atoms with Gasteiger partial charge < -0.3 is 23.8 Å². The first kappa shape index (κ1) is 39.9. The van der Waals surface area contributed by atoms with Gasteiger partial charge in [-0.05, 0) is 104 Å². The van der Waals surface area contributed by atoms with E-state index in [9.17, 15) is 9.59 Å². The number of benzene rings is 2. The van der Waals surface area contributed by atoms with E-state index < -0.39 is 33.8 Å². The van der Waals surface area contributed by atoms with Crippen molar-refractivity contribution >= 4 is 39.0 Å². The minimum absolute atomic E-state index is 0.0459. The van der Waals surface area contributed by atoms with Crippen LogP contribution >= 0.6 is 11.6 Å². The number of carbonyl (C=O) groups is 2. The molecule has 1 spiro atoms. The van der Waals surface area contributed by atoms with Gasteiger partial charge in [-0.25, -0.2) is 4.21 Å². The molecule has 7 atom stereocenters. The number of amides is 2. The lowest BCUT2D eigenvalue weighted by Crippen LogP contribution is -2.49. The predicted molar refractivity (Wildman–Crippen MR) is 221 cm³/mol. The molecule has 4 aromatic rings. The molecule has 4 heterocycles. The average Bonchev–Trinajstić information content (AvgIpc) is 3.52. The highest BCUT2D eigenvalue weighted by Gasteiger charge is 2.44. The van der Waals surface area contributed by atoms with Gasteiger partial charge in [0.05, 0.1) is 31.3 Å². The zero-order valence-electron chi connectivity index (χ0n) is 33.1. The molecule has 1 fully saturated rings. The van der Waals surface area contributed by atoms with Gasteiger partial charge in [0.25, 0.3) is 11.8 Å². The van der Waals surface area contributed by atoms with Crippen LogP contribution in [0.5, 0.6) is 17.4 Å². The Labute approximate surface area is 344 Å². The highest BCUT2D eigenvalue weighted by Crippen LogP contribution is 2.47. The smallest absolute Gasteiger partial charge is 0.286 e. The number of hydrogen-bond acceptors (Lipinski definition) is 10. The van der Waals surface area contributed by atoms with Crippen molar-refractivity contribution in [1.29, 1.82) is 0 Å². The number of anilines is 1. The summed E-state index contributed by atoms with van der Waals surface area (Å²) >= 11 is 6.49. The molecule has 1 saturated carbocycles. The minimum Gasteiger partial charge on any atom is -0.490 e. The number of halogens is 1. The second kappa shape index (κ2) is 16.4. The Hall–Kier alpha value is -4.92. The predicted octanol–water partition coefficient (Wildman–Crippen LogP) is 6.60. The van der Waals surface area contributed by atoms with Crippen molar-refractivity contribution in [2.75, 3.05) is 44.6 Å². The highest BCUT2D eigenvalue weighted by atomic mass is 35.5. The minimum atomic E-state index is -3.81. The summed E-state index contributed by atoms with van der Waals surface area (Å²) in [6.45, 7) is 3.70. The Morgan fingerprint density at radius 3 is 2.64 bits per heavy atom. The molecular formula is C43H49ClN6O7S. The molecule has 2 aromatic carbocycles. The summed E-state index contributed by atoms with van der Waals surface area (Å²) in [5.41, 5.74) is 3.22. The van der Waals surface area contributed by atoms with Crippen molar-refractivity contribution in [2.24, 2.45) is 29.2 Å². The third-order valence-electron chi connectivity index (χ3n) is 12.1.